The topological polar surface area (TPSA) is 111 Å². The van der Waals surface area contributed by atoms with E-state index >= 15 is 0 Å². The average Bonchev–Trinajstić information content (AvgIpc) is 3.44. The van der Waals surface area contributed by atoms with Gasteiger partial charge in [0.1, 0.15) is 35.1 Å². The summed E-state index contributed by atoms with van der Waals surface area (Å²) >= 11 is 0. The van der Waals surface area contributed by atoms with E-state index in [1.807, 2.05) is 46.3 Å². The fourth-order valence-electron chi connectivity index (χ4n) is 6.22. The molecule has 0 saturated carbocycles. The van der Waals surface area contributed by atoms with Crippen LogP contribution in [0.5, 0.6) is 5.75 Å². The third-order valence-electron chi connectivity index (χ3n) is 8.02. The van der Waals surface area contributed by atoms with Crippen LogP contribution in [0.15, 0.2) is 48.8 Å². The van der Waals surface area contributed by atoms with Gasteiger partial charge in [0.15, 0.2) is 5.82 Å². The number of ether oxygens (including phenoxy) is 2. The molecule has 0 aliphatic carbocycles. The lowest BCUT2D eigenvalue weighted by Crippen LogP contribution is -2.54. The molecule has 0 spiro atoms. The lowest BCUT2D eigenvalue weighted by molar-refractivity contribution is -0.0507. The molecule has 218 valence electrons. The summed E-state index contributed by atoms with van der Waals surface area (Å²) in [5.74, 6) is 0.849. The summed E-state index contributed by atoms with van der Waals surface area (Å²) in [7, 11) is 7.16. The highest BCUT2D eigenvalue weighted by Crippen LogP contribution is 2.51. The number of carbonyl (C=O) groups excluding carboxylic acids is 2. The third kappa shape index (κ3) is 4.80. The van der Waals surface area contributed by atoms with Crippen molar-refractivity contribution in [3.63, 3.8) is 0 Å². The summed E-state index contributed by atoms with van der Waals surface area (Å²) < 4.78 is 38.8. The van der Waals surface area contributed by atoms with E-state index < -0.39 is 29.5 Å². The third-order valence-corrected chi connectivity index (χ3v) is 8.02. The number of methoxy groups -OCH3 is 1. The lowest BCUT2D eigenvalue weighted by atomic mass is 9.48. The Balaban J connectivity index is 1.48. The Bertz CT molecular complexity index is 1760. The largest absolute Gasteiger partial charge is 0.453 e. The van der Waals surface area contributed by atoms with E-state index in [0.29, 0.717) is 34.7 Å². The first-order chi connectivity index (χ1) is 20.3. The highest BCUT2D eigenvalue weighted by Gasteiger charge is 2.48. The number of fused-ring (bicyclic) bond motifs is 9. The first-order valence-electron chi connectivity index (χ1n) is 13.9. The standard InChI is InChI=1S/C28H29B3F2N6O4/c1-27(2,37-26(41)42-3)24-34-11-14(12-35-24)13-7-8-16-17(9-13)38-18-10-19(22(38)36-16)39(28(29,30)31)23(40)15-5-4-6-20(21(15)18)43-25(32)33/h4-9,11-12,18-19,25H,10,29-31H2,1-3H3,(H,37,41)/t18-,19-/m1/s1. The van der Waals surface area contributed by atoms with Crippen LogP contribution in [-0.4, -0.2) is 78.9 Å². The number of nitrogens with one attached hydrogen (secondary N) is 1. The Morgan fingerprint density at radius 3 is 2.47 bits per heavy atom. The van der Waals surface area contributed by atoms with E-state index in [1.54, 1.807) is 43.3 Å². The van der Waals surface area contributed by atoms with Crippen molar-refractivity contribution in [2.45, 2.75) is 49.7 Å². The van der Waals surface area contributed by atoms with Gasteiger partial charge in [0, 0.05) is 35.5 Å². The Kier molecular flexibility index (Phi) is 6.74. The van der Waals surface area contributed by atoms with Crippen molar-refractivity contribution in [1.29, 1.82) is 0 Å². The fraction of sp³-hybridized carbons (Fsp3) is 0.321. The molecule has 0 fully saturated rings. The molecule has 2 aliphatic heterocycles. The lowest BCUT2D eigenvalue weighted by Gasteiger charge is -2.40. The number of alkyl halides is 2. The van der Waals surface area contributed by atoms with Crippen LogP contribution < -0.4 is 10.1 Å². The van der Waals surface area contributed by atoms with Gasteiger partial charge in [0.2, 0.25) is 0 Å². The van der Waals surface area contributed by atoms with E-state index in [-0.39, 0.29) is 17.7 Å². The molecule has 2 bridgehead atoms. The minimum atomic E-state index is -3.04. The number of halogens is 2. The zero-order valence-corrected chi connectivity index (χ0v) is 24.7. The van der Waals surface area contributed by atoms with Crippen LogP contribution in [0.3, 0.4) is 0 Å². The summed E-state index contributed by atoms with van der Waals surface area (Å²) in [6.07, 6.45) is 3.24. The monoisotopic (exact) mass is 584 g/mol. The van der Waals surface area contributed by atoms with E-state index in [2.05, 4.69) is 15.3 Å². The first kappa shape index (κ1) is 28.7. The number of alkyl carbamates (subject to hydrolysis) is 1. The number of rotatable bonds is 6. The molecule has 10 nitrogen and oxygen atoms in total. The number of carbonyl (C=O) groups is 2. The van der Waals surface area contributed by atoms with Gasteiger partial charge in [-0.15, -0.1) is 0 Å². The molecule has 2 aliphatic rings. The molecule has 4 aromatic rings. The summed E-state index contributed by atoms with van der Waals surface area (Å²) in [6, 6.07) is 9.69. The molecule has 2 atom stereocenters. The minimum Gasteiger partial charge on any atom is -0.453 e. The fourth-order valence-corrected chi connectivity index (χ4v) is 6.22. The van der Waals surface area contributed by atoms with Crippen molar-refractivity contribution in [2.24, 2.45) is 0 Å². The van der Waals surface area contributed by atoms with Gasteiger partial charge in [-0.25, -0.2) is 19.7 Å². The number of amides is 2. The molecular formula is C28H29B3F2N6O4. The van der Waals surface area contributed by atoms with E-state index in [9.17, 15) is 18.4 Å². The maximum absolute atomic E-state index is 14.0. The van der Waals surface area contributed by atoms with Gasteiger partial charge in [0.25, 0.3) is 5.91 Å². The SMILES string of the molecule is BC(B)(B)N1C(=O)c2cccc(OC(F)F)c2[C@H]2C[C@@H]1c1nc3ccc(-c4cnc(C(C)(C)NC(=O)OC)nc4)cc3n12. The van der Waals surface area contributed by atoms with Gasteiger partial charge in [-0.1, -0.05) is 12.1 Å². The maximum Gasteiger partial charge on any atom is 0.407 e. The minimum absolute atomic E-state index is 0.0154. The maximum atomic E-state index is 14.0. The number of benzene rings is 2. The molecule has 2 aromatic heterocycles. The van der Waals surface area contributed by atoms with Gasteiger partial charge in [0.05, 0.1) is 35.8 Å². The van der Waals surface area contributed by atoms with Crippen LogP contribution in [0, 0.1) is 0 Å². The van der Waals surface area contributed by atoms with Gasteiger partial charge >= 0.3 is 12.7 Å². The van der Waals surface area contributed by atoms with Crippen molar-refractivity contribution < 1.29 is 27.8 Å². The molecule has 0 unspecified atom stereocenters. The molecule has 0 radical (unpaired) electrons. The predicted octanol–water partition coefficient (Wildman–Crippen LogP) is 1.69. The number of imidazole rings is 1. The van der Waals surface area contributed by atoms with Crippen molar-refractivity contribution in [3.05, 3.63) is 71.6 Å². The Morgan fingerprint density at radius 1 is 1.09 bits per heavy atom. The van der Waals surface area contributed by atoms with Crippen molar-refractivity contribution >= 4 is 46.6 Å². The van der Waals surface area contributed by atoms with Crippen LogP contribution in [0.1, 0.15) is 59.9 Å². The summed E-state index contributed by atoms with van der Waals surface area (Å²) in [5, 5.41) is 2.15. The smallest absolute Gasteiger partial charge is 0.407 e. The second-order valence-electron chi connectivity index (χ2n) is 12.3. The van der Waals surface area contributed by atoms with Crippen molar-refractivity contribution in [1.82, 2.24) is 29.7 Å². The van der Waals surface area contributed by atoms with E-state index in [4.69, 9.17) is 14.5 Å². The molecule has 0 saturated heterocycles. The van der Waals surface area contributed by atoms with E-state index in [0.717, 1.165) is 16.6 Å². The molecule has 2 aromatic carbocycles. The van der Waals surface area contributed by atoms with Crippen LogP contribution in [0.25, 0.3) is 22.2 Å². The Hall–Kier alpha value is -4.42. The van der Waals surface area contributed by atoms with Gasteiger partial charge in [-0.3, -0.25) is 4.79 Å². The number of aromatic nitrogens is 4. The normalized spacial score (nSPS) is 17.9. The summed E-state index contributed by atoms with van der Waals surface area (Å²) in [6.45, 7) is 0.509. The first-order valence-corrected chi connectivity index (χ1v) is 13.9. The summed E-state index contributed by atoms with van der Waals surface area (Å²) in [4.78, 5) is 41.5. The highest BCUT2D eigenvalue weighted by atomic mass is 19.3. The summed E-state index contributed by atoms with van der Waals surface area (Å²) in [5.41, 5.74) is 2.98. The Morgan fingerprint density at radius 2 is 1.81 bits per heavy atom. The van der Waals surface area contributed by atoms with Crippen LogP contribution in [-0.2, 0) is 10.3 Å². The Labute approximate surface area is 249 Å². The number of hydrogen-bond acceptors (Lipinski definition) is 7. The predicted molar refractivity (Wildman–Crippen MR) is 162 cm³/mol. The highest BCUT2D eigenvalue weighted by molar-refractivity contribution is 6.60. The van der Waals surface area contributed by atoms with Crippen molar-refractivity contribution in [3.8, 4) is 16.9 Å². The van der Waals surface area contributed by atoms with E-state index in [1.165, 1.54) is 13.2 Å². The zero-order chi connectivity index (χ0) is 30.8. The van der Waals surface area contributed by atoms with Crippen LogP contribution in [0.2, 0.25) is 0 Å². The zero-order valence-electron chi connectivity index (χ0n) is 24.7. The molecular weight excluding hydrogens is 555 g/mol. The number of hydrogen-bond donors (Lipinski definition) is 1. The molecule has 43 heavy (non-hydrogen) atoms. The second kappa shape index (κ2) is 10.1. The molecule has 15 heteroatoms. The van der Waals surface area contributed by atoms with Crippen LogP contribution in [0.4, 0.5) is 13.6 Å². The number of nitrogens with zero attached hydrogens (tertiary/aromatic N) is 5. The average molecular weight is 584 g/mol. The molecule has 2 amide bonds. The van der Waals surface area contributed by atoms with Crippen LogP contribution >= 0.6 is 0 Å². The molecule has 6 rings (SSSR count). The molecule has 1 N–H and O–H groups in total. The molecule has 4 heterocycles. The van der Waals surface area contributed by atoms with Crippen molar-refractivity contribution in [2.75, 3.05) is 7.11 Å². The van der Waals surface area contributed by atoms with Gasteiger partial charge in [-0.2, -0.15) is 8.78 Å². The quantitative estimate of drug-likeness (QED) is 0.344. The second-order valence-corrected chi connectivity index (χ2v) is 12.3. The van der Waals surface area contributed by atoms with Gasteiger partial charge < -0.3 is 24.3 Å². The van der Waals surface area contributed by atoms with Gasteiger partial charge in [-0.05, 0) is 48.9 Å².